The molecular weight excluding hydrogens is 342 g/mol. The molecule has 0 spiro atoms. The van der Waals surface area contributed by atoms with Crippen molar-refractivity contribution in [1.82, 2.24) is 4.90 Å². The van der Waals surface area contributed by atoms with Gasteiger partial charge in [-0.15, -0.1) is 0 Å². The van der Waals surface area contributed by atoms with E-state index < -0.39 is 0 Å². The first-order valence-corrected chi connectivity index (χ1v) is 8.22. The van der Waals surface area contributed by atoms with Gasteiger partial charge in [-0.05, 0) is 29.7 Å². The van der Waals surface area contributed by atoms with Crippen molar-refractivity contribution in [3.8, 4) is 0 Å². The number of carbonyl (C=O) groups is 1. The average Bonchev–Trinajstić information content (AvgIpc) is 2.92. The number of nitrogens with zero attached hydrogens (tertiary/aromatic N) is 1. The van der Waals surface area contributed by atoms with Gasteiger partial charge in [-0.2, -0.15) is 0 Å². The van der Waals surface area contributed by atoms with Crippen LogP contribution in [0, 0.1) is 0 Å². The summed E-state index contributed by atoms with van der Waals surface area (Å²) in [5.41, 5.74) is 2.09. The molecule has 1 saturated heterocycles. The molecule has 0 saturated carbocycles. The van der Waals surface area contributed by atoms with Crippen LogP contribution in [-0.2, 0) is 4.79 Å². The summed E-state index contributed by atoms with van der Waals surface area (Å²) in [6.45, 7) is -0.0667. The van der Waals surface area contributed by atoms with Gasteiger partial charge in [0.25, 0.3) is 0 Å². The van der Waals surface area contributed by atoms with E-state index >= 15 is 0 Å². The van der Waals surface area contributed by atoms with Crippen molar-refractivity contribution in [1.29, 1.82) is 0 Å². The van der Waals surface area contributed by atoms with E-state index in [1.54, 1.807) is 0 Å². The molecule has 4 heteroatoms. The summed E-state index contributed by atoms with van der Waals surface area (Å²) in [4.78, 5) is 14.2. The second-order valence-electron chi connectivity index (χ2n) is 5.52. The van der Waals surface area contributed by atoms with E-state index in [0.29, 0.717) is 6.42 Å². The predicted molar refractivity (Wildman–Crippen MR) is 89.2 cm³/mol. The van der Waals surface area contributed by atoms with Gasteiger partial charge in [0, 0.05) is 10.9 Å². The van der Waals surface area contributed by atoms with E-state index in [2.05, 4.69) is 15.9 Å². The fourth-order valence-electron chi connectivity index (χ4n) is 3.13. The zero-order valence-corrected chi connectivity index (χ0v) is 13.7. The maximum absolute atomic E-state index is 12.4. The summed E-state index contributed by atoms with van der Waals surface area (Å²) in [6.07, 6.45) is 1.33. The fourth-order valence-corrected chi connectivity index (χ4v) is 3.40. The Labute approximate surface area is 138 Å². The summed E-state index contributed by atoms with van der Waals surface area (Å²) in [7, 11) is 0. The van der Waals surface area contributed by atoms with Gasteiger partial charge in [0.05, 0.1) is 18.7 Å². The lowest BCUT2D eigenvalue weighted by Crippen LogP contribution is -2.34. The van der Waals surface area contributed by atoms with Crippen molar-refractivity contribution >= 4 is 21.8 Å². The number of aliphatic hydroxyl groups excluding tert-OH is 1. The molecule has 0 aromatic heterocycles. The quantitative estimate of drug-likeness (QED) is 0.900. The molecule has 2 aromatic carbocycles. The van der Waals surface area contributed by atoms with Gasteiger partial charge in [0.1, 0.15) is 0 Å². The minimum Gasteiger partial charge on any atom is -0.394 e. The fraction of sp³-hybridized carbons (Fsp3) is 0.278. The topological polar surface area (TPSA) is 40.5 Å². The van der Waals surface area contributed by atoms with Crippen LogP contribution in [0.2, 0.25) is 0 Å². The molecule has 1 heterocycles. The van der Waals surface area contributed by atoms with Crippen LogP contribution < -0.4 is 0 Å². The smallest absolute Gasteiger partial charge is 0.223 e. The van der Waals surface area contributed by atoms with Gasteiger partial charge < -0.3 is 10.0 Å². The Morgan fingerprint density at radius 1 is 1.14 bits per heavy atom. The number of benzene rings is 2. The molecular formula is C18H18BrNO2. The van der Waals surface area contributed by atoms with Gasteiger partial charge in [-0.1, -0.05) is 58.4 Å². The van der Waals surface area contributed by atoms with Crippen LogP contribution in [0.1, 0.15) is 36.1 Å². The van der Waals surface area contributed by atoms with Crippen molar-refractivity contribution < 1.29 is 9.90 Å². The van der Waals surface area contributed by atoms with E-state index in [0.717, 1.165) is 22.0 Å². The molecule has 3 rings (SSSR count). The lowest BCUT2D eigenvalue weighted by molar-refractivity contribution is -0.132. The van der Waals surface area contributed by atoms with Crippen LogP contribution in [0.5, 0.6) is 0 Å². The molecule has 2 atom stereocenters. The first-order chi connectivity index (χ1) is 10.7. The highest BCUT2D eigenvalue weighted by molar-refractivity contribution is 9.10. The number of hydrogen-bond acceptors (Lipinski definition) is 2. The number of amides is 1. The maximum Gasteiger partial charge on any atom is 0.223 e. The Hall–Kier alpha value is -1.65. The molecule has 22 heavy (non-hydrogen) atoms. The first kappa shape index (κ1) is 15.3. The number of aliphatic hydroxyl groups is 1. The molecule has 0 bridgehead atoms. The second-order valence-corrected chi connectivity index (χ2v) is 6.43. The van der Waals surface area contributed by atoms with Crippen LogP contribution in [0.4, 0.5) is 0 Å². The van der Waals surface area contributed by atoms with Gasteiger partial charge in [0.15, 0.2) is 0 Å². The summed E-state index contributed by atoms with van der Waals surface area (Å²) in [5, 5.41) is 9.87. The van der Waals surface area contributed by atoms with E-state index in [9.17, 15) is 9.90 Å². The van der Waals surface area contributed by atoms with Crippen molar-refractivity contribution in [2.45, 2.75) is 24.9 Å². The van der Waals surface area contributed by atoms with E-state index in [1.165, 1.54) is 0 Å². The lowest BCUT2D eigenvalue weighted by atomic mass is 10.0. The highest BCUT2D eigenvalue weighted by atomic mass is 79.9. The number of hydrogen-bond donors (Lipinski definition) is 1. The summed E-state index contributed by atoms with van der Waals surface area (Å²) in [5.74, 6) is 0.107. The maximum atomic E-state index is 12.4. The monoisotopic (exact) mass is 359 g/mol. The van der Waals surface area contributed by atoms with E-state index in [-0.39, 0.29) is 24.6 Å². The molecule has 114 valence electrons. The highest BCUT2D eigenvalue weighted by Gasteiger charge is 2.37. The van der Waals surface area contributed by atoms with Gasteiger partial charge in [-0.3, -0.25) is 4.79 Å². The third kappa shape index (κ3) is 2.94. The summed E-state index contributed by atoms with van der Waals surface area (Å²) >= 11 is 3.44. The van der Waals surface area contributed by atoms with Gasteiger partial charge in [0.2, 0.25) is 5.91 Å². The number of rotatable bonds is 4. The second kappa shape index (κ2) is 6.63. The Kier molecular flexibility index (Phi) is 4.60. The third-order valence-corrected chi connectivity index (χ3v) is 4.73. The SMILES string of the molecule is O=C1CC[C@H](c2ccc(Br)cc2)N1[C@H](CO)c1ccccc1. The van der Waals surface area contributed by atoms with Crippen LogP contribution >= 0.6 is 15.9 Å². The Morgan fingerprint density at radius 3 is 2.45 bits per heavy atom. The Bertz CT molecular complexity index is 642. The van der Waals surface area contributed by atoms with Crippen LogP contribution in [-0.4, -0.2) is 22.5 Å². The molecule has 1 fully saturated rings. The zero-order chi connectivity index (χ0) is 15.5. The standard InChI is InChI=1S/C18H18BrNO2/c19-15-8-6-14(7-9-15)16-10-11-18(22)20(16)17(12-21)13-4-2-1-3-5-13/h1-9,16-17,21H,10-12H2/t16-,17-/m1/s1. The molecule has 1 aliphatic rings. The van der Waals surface area contributed by atoms with E-state index in [1.807, 2.05) is 59.5 Å². The minimum atomic E-state index is -0.287. The van der Waals surface area contributed by atoms with Gasteiger partial charge in [-0.25, -0.2) is 0 Å². The lowest BCUT2D eigenvalue weighted by Gasteiger charge is -2.33. The molecule has 3 nitrogen and oxygen atoms in total. The number of carbonyl (C=O) groups excluding carboxylic acids is 1. The van der Waals surface area contributed by atoms with Gasteiger partial charge >= 0.3 is 0 Å². The minimum absolute atomic E-state index is 0.0259. The van der Waals surface area contributed by atoms with Crippen molar-refractivity contribution in [3.05, 3.63) is 70.2 Å². The van der Waals surface area contributed by atoms with Crippen molar-refractivity contribution in [3.63, 3.8) is 0 Å². The van der Waals surface area contributed by atoms with Crippen molar-refractivity contribution in [2.24, 2.45) is 0 Å². The van der Waals surface area contributed by atoms with Crippen LogP contribution in [0.3, 0.4) is 0 Å². The third-order valence-electron chi connectivity index (χ3n) is 4.20. The zero-order valence-electron chi connectivity index (χ0n) is 12.2. The first-order valence-electron chi connectivity index (χ1n) is 7.43. The molecule has 0 unspecified atom stereocenters. The van der Waals surface area contributed by atoms with Crippen LogP contribution in [0.15, 0.2) is 59.1 Å². The van der Waals surface area contributed by atoms with Crippen LogP contribution in [0.25, 0.3) is 0 Å². The number of halogens is 1. The van der Waals surface area contributed by atoms with Crippen molar-refractivity contribution in [2.75, 3.05) is 6.61 Å². The number of likely N-dealkylation sites (tertiary alicyclic amines) is 1. The molecule has 0 radical (unpaired) electrons. The molecule has 1 N–H and O–H groups in total. The summed E-state index contributed by atoms with van der Waals surface area (Å²) in [6, 6.07) is 17.5. The Balaban J connectivity index is 1.94. The average molecular weight is 360 g/mol. The largest absolute Gasteiger partial charge is 0.394 e. The van der Waals surface area contributed by atoms with E-state index in [4.69, 9.17) is 0 Å². The highest BCUT2D eigenvalue weighted by Crippen LogP contribution is 2.39. The Morgan fingerprint density at radius 2 is 1.82 bits per heavy atom. The molecule has 1 amide bonds. The molecule has 0 aliphatic carbocycles. The molecule has 2 aromatic rings. The molecule has 1 aliphatic heterocycles. The summed E-state index contributed by atoms with van der Waals surface area (Å²) < 4.78 is 1.02. The normalized spacial score (nSPS) is 19.5. The predicted octanol–water partition coefficient (Wildman–Crippen LogP) is 3.85.